The molecule has 0 unspecified atom stereocenters. The average molecular weight is 302 g/mol. The normalized spacial score (nSPS) is 15.7. The van der Waals surface area contributed by atoms with Gasteiger partial charge in [0.1, 0.15) is 11.3 Å². The zero-order chi connectivity index (χ0) is 15.5. The van der Waals surface area contributed by atoms with Crippen LogP contribution < -0.4 is 4.74 Å². The lowest BCUT2D eigenvalue weighted by Crippen LogP contribution is -2.19. The molecule has 1 aliphatic rings. The summed E-state index contributed by atoms with van der Waals surface area (Å²) in [5.74, 6) is -0.642. The summed E-state index contributed by atoms with van der Waals surface area (Å²) in [4.78, 5) is 11.3. The number of carboxylic acid groups (broad SMARTS) is 1. The van der Waals surface area contributed by atoms with Gasteiger partial charge >= 0.3 is 5.97 Å². The second kappa shape index (κ2) is 6.19. The van der Waals surface area contributed by atoms with Gasteiger partial charge in [-0.3, -0.25) is 4.68 Å². The van der Waals surface area contributed by atoms with Gasteiger partial charge in [0, 0.05) is 30.5 Å². The number of hydrogen-bond acceptors (Lipinski definition) is 4. The van der Waals surface area contributed by atoms with Crippen LogP contribution in [0.5, 0.6) is 5.75 Å². The first-order valence-corrected chi connectivity index (χ1v) is 7.23. The molecule has 22 heavy (non-hydrogen) atoms. The molecular formula is C16H18N2O4. The zero-order valence-corrected chi connectivity index (χ0v) is 12.4. The minimum atomic E-state index is -1.00. The van der Waals surface area contributed by atoms with E-state index in [2.05, 4.69) is 5.10 Å². The number of benzene rings is 1. The molecule has 0 radical (unpaired) electrons. The minimum Gasteiger partial charge on any atom is -0.495 e. The second-order valence-corrected chi connectivity index (χ2v) is 5.24. The van der Waals surface area contributed by atoms with Crippen molar-refractivity contribution in [2.45, 2.75) is 18.9 Å². The molecule has 1 N–H and O–H groups in total. The first kappa shape index (κ1) is 14.6. The highest BCUT2D eigenvalue weighted by Gasteiger charge is 2.20. The SMILES string of the molecule is COc1c(C(=O)O)cccc1-c1cnn(C2CCOCC2)c1. The van der Waals surface area contributed by atoms with Crippen LogP contribution in [0, 0.1) is 0 Å². The smallest absolute Gasteiger partial charge is 0.339 e. The van der Waals surface area contributed by atoms with Crippen molar-refractivity contribution >= 4 is 5.97 Å². The number of carbonyl (C=O) groups is 1. The highest BCUT2D eigenvalue weighted by Crippen LogP contribution is 2.34. The molecule has 0 bridgehead atoms. The van der Waals surface area contributed by atoms with Gasteiger partial charge in [-0.25, -0.2) is 4.79 Å². The first-order chi connectivity index (χ1) is 10.7. The molecule has 1 aromatic heterocycles. The van der Waals surface area contributed by atoms with E-state index in [0.717, 1.165) is 37.2 Å². The molecule has 1 fully saturated rings. The Balaban J connectivity index is 1.96. The Bertz CT molecular complexity index is 675. The van der Waals surface area contributed by atoms with E-state index in [0.29, 0.717) is 11.8 Å². The van der Waals surface area contributed by atoms with E-state index in [9.17, 15) is 9.90 Å². The highest BCUT2D eigenvalue weighted by molar-refractivity contribution is 5.94. The third-order valence-electron chi connectivity index (χ3n) is 3.93. The second-order valence-electron chi connectivity index (χ2n) is 5.24. The molecule has 0 amide bonds. The van der Waals surface area contributed by atoms with Crippen molar-refractivity contribution in [1.29, 1.82) is 0 Å². The largest absolute Gasteiger partial charge is 0.495 e. The number of para-hydroxylation sites is 1. The Kier molecular flexibility index (Phi) is 4.11. The molecule has 116 valence electrons. The fourth-order valence-electron chi connectivity index (χ4n) is 2.78. The Morgan fingerprint density at radius 3 is 2.86 bits per heavy atom. The van der Waals surface area contributed by atoms with Crippen molar-refractivity contribution in [3.05, 3.63) is 36.2 Å². The van der Waals surface area contributed by atoms with E-state index in [1.807, 2.05) is 16.9 Å². The van der Waals surface area contributed by atoms with Gasteiger partial charge in [-0.15, -0.1) is 0 Å². The van der Waals surface area contributed by atoms with E-state index < -0.39 is 5.97 Å². The molecule has 0 spiro atoms. The van der Waals surface area contributed by atoms with Gasteiger partial charge in [-0.1, -0.05) is 12.1 Å². The van der Waals surface area contributed by atoms with Crippen LogP contribution in [-0.4, -0.2) is 41.2 Å². The third-order valence-corrected chi connectivity index (χ3v) is 3.93. The Labute approximate surface area is 128 Å². The molecule has 0 atom stereocenters. The van der Waals surface area contributed by atoms with Crippen molar-refractivity contribution in [2.75, 3.05) is 20.3 Å². The molecule has 3 rings (SSSR count). The number of hydrogen-bond donors (Lipinski definition) is 1. The predicted molar refractivity (Wildman–Crippen MR) is 80.3 cm³/mol. The maximum Gasteiger partial charge on any atom is 0.339 e. The molecule has 2 aromatic rings. The van der Waals surface area contributed by atoms with Crippen LogP contribution in [0.15, 0.2) is 30.6 Å². The van der Waals surface area contributed by atoms with Gasteiger partial charge in [-0.2, -0.15) is 5.10 Å². The van der Waals surface area contributed by atoms with E-state index in [4.69, 9.17) is 9.47 Å². The summed E-state index contributed by atoms with van der Waals surface area (Å²) >= 11 is 0. The molecule has 0 saturated carbocycles. The van der Waals surface area contributed by atoms with Crippen LogP contribution in [0.4, 0.5) is 0 Å². The van der Waals surface area contributed by atoms with Gasteiger partial charge in [0.15, 0.2) is 0 Å². The van der Waals surface area contributed by atoms with Crippen LogP contribution in [0.25, 0.3) is 11.1 Å². The monoisotopic (exact) mass is 302 g/mol. The summed E-state index contributed by atoms with van der Waals surface area (Å²) in [5.41, 5.74) is 1.74. The first-order valence-electron chi connectivity index (χ1n) is 7.23. The van der Waals surface area contributed by atoms with Crippen molar-refractivity contribution < 1.29 is 19.4 Å². The van der Waals surface area contributed by atoms with Gasteiger partial charge in [-0.05, 0) is 18.9 Å². The van der Waals surface area contributed by atoms with E-state index in [1.54, 1.807) is 12.3 Å². The number of ether oxygens (including phenoxy) is 2. The summed E-state index contributed by atoms with van der Waals surface area (Å²) in [6, 6.07) is 5.42. The summed E-state index contributed by atoms with van der Waals surface area (Å²) in [6.45, 7) is 1.50. The molecule has 1 aliphatic heterocycles. The Hall–Kier alpha value is -2.34. The number of carboxylic acids is 1. The zero-order valence-electron chi connectivity index (χ0n) is 12.4. The summed E-state index contributed by atoms with van der Waals surface area (Å²) < 4.78 is 12.6. The average Bonchev–Trinajstić information content (AvgIpc) is 3.04. The maximum absolute atomic E-state index is 11.3. The van der Waals surface area contributed by atoms with E-state index in [1.165, 1.54) is 13.2 Å². The molecular weight excluding hydrogens is 284 g/mol. The highest BCUT2D eigenvalue weighted by atomic mass is 16.5. The molecule has 0 aliphatic carbocycles. The topological polar surface area (TPSA) is 73.6 Å². The number of aromatic carboxylic acids is 1. The lowest BCUT2D eigenvalue weighted by atomic mass is 10.0. The molecule has 2 heterocycles. The van der Waals surface area contributed by atoms with Crippen LogP contribution in [-0.2, 0) is 4.74 Å². The lowest BCUT2D eigenvalue weighted by Gasteiger charge is -2.22. The number of aromatic nitrogens is 2. The lowest BCUT2D eigenvalue weighted by molar-refractivity contribution is 0.0662. The minimum absolute atomic E-state index is 0.152. The van der Waals surface area contributed by atoms with Crippen molar-refractivity contribution in [3.63, 3.8) is 0 Å². The molecule has 6 nitrogen and oxygen atoms in total. The third kappa shape index (κ3) is 2.69. The molecule has 1 saturated heterocycles. The maximum atomic E-state index is 11.3. The summed E-state index contributed by atoms with van der Waals surface area (Å²) in [5, 5.41) is 13.7. The number of nitrogens with zero attached hydrogens (tertiary/aromatic N) is 2. The van der Waals surface area contributed by atoms with Crippen molar-refractivity contribution in [2.24, 2.45) is 0 Å². The fourth-order valence-corrected chi connectivity index (χ4v) is 2.78. The number of rotatable bonds is 4. The molecule has 1 aromatic carbocycles. The quantitative estimate of drug-likeness (QED) is 0.939. The van der Waals surface area contributed by atoms with E-state index >= 15 is 0 Å². The fraction of sp³-hybridized carbons (Fsp3) is 0.375. The summed E-state index contributed by atoms with van der Waals surface area (Å²) in [7, 11) is 1.48. The van der Waals surface area contributed by atoms with Crippen LogP contribution >= 0.6 is 0 Å². The number of methoxy groups -OCH3 is 1. The molecule has 6 heteroatoms. The summed E-state index contributed by atoms with van der Waals surface area (Å²) in [6.07, 6.45) is 5.57. The predicted octanol–water partition coefficient (Wildman–Crippen LogP) is 2.61. The van der Waals surface area contributed by atoms with Crippen molar-refractivity contribution in [3.8, 4) is 16.9 Å². The van der Waals surface area contributed by atoms with Gasteiger partial charge < -0.3 is 14.6 Å². The standard InChI is InChI=1S/C16H18N2O4/c1-21-15-13(3-2-4-14(15)16(19)20)11-9-17-18(10-11)12-5-7-22-8-6-12/h2-4,9-10,12H,5-8H2,1H3,(H,19,20). The Morgan fingerprint density at radius 1 is 1.41 bits per heavy atom. The van der Waals surface area contributed by atoms with Crippen molar-refractivity contribution in [1.82, 2.24) is 9.78 Å². The van der Waals surface area contributed by atoms with Gasteiger partial charge in [0.25, 0.3) is 0 Å². The van der Waals surface area contributed by atoms with Crippen LogP contribution in [0.1, 0.15) is 29.2 Å². The van der Waals surface area contributed by atoms with Crippen LogP contribution in [0.2, 0.25) is 0 Å². The Morgan fingerprint density at radius 2 is 2.18 bits per heavy atom. The van der Waals surface area contributed by atoms with Gasteiger partial charge in [0.2, 0.25) is 0 Å². The van der Waals surface area contributed by atoms with Gasteiger partial charge in [0.05, 0.1) is 19.3 Å². The van der Waals surface area contributed by atoms with E-state index in [-0.39, 0.29) is 5.56 Å². The van der Waals surface area contributed by atoms with Crippen LogP contribution in [0.3, 0.4) is 0 Å².